The Bertz CT molecular complexity index is 370. The van der Waals surface area contributed by atoms with Crippen LogP contribution in [0.5, 0.6) is 0 Å². The Morgan fingerprint density at radius 1 is 1.07 bits per heavy atom. The third-order valence-corrected chi connectivity index (χ3v) is 2.95. The van der Waals surface area contributed by atoms with E-state index in [1.807, 2.05) is 0 Å². The number of alkyl halides is 6. The molecule has 0 bridgehead atoms. The topological polar surface area (TPSA) is 0 Å². The average Bonchev–Trinajstić information content (AvgIpc) is 2.00. The van der Waals surface area contributed by atoms with Gasteiger partial charge in [-0.15, -0.1) is 0 Å². The molecule has 15 heavy (non-hydrogen) atoms. The molecule has 0 heterocycles. The summed E-state index contributed by atoms with van der Waals surface area (Å²) >= 11 is 19.2. The lowest BCUT2D eigenvalue weighted by atomic mass is 10.1. The van der Waals surface area contributed by atoms with Crippen LogP contribution in [0.25, 0.3) is 0 Å². The molecule has 0 aliphatic heterocycles. The molecule has 0 unspecified atom stereocenters. The maximum Gasteiger partial charge on any atom is 0.417 e. The average molecular weight is 342 g/mol. The minimum atomic E-state index is -4.48. The van der Waals surface area contributed by atoms with Gasteiger partial charge in [0.1, 0.15) is 0 Å². The fraction of sp³-hybridized carbons (Fsp3) is 0.250. The summed E-state index contributed by atoms with van der Waals surface area (Å²) in [5.74, 6) is 0. The van der Waals surface area contributed by atoms with E-state index in [9.17, 15) is 13.2 Å². The fourth-order valence-electron chi connectivity index (χ4n) is 0.919. The zero-order valence-corrected chi connectivity index (χ0v) is 10.7. The van der Waals surface area contributed by atoms with Crippen molar-refractivity contribution in [3.05, 3.63) is 33.8 Å². The lowest BCUT2D eigenvalue weighted by molar-refractivity contribution is -0.138. The van der Waals surface area contributed by atoms with Gasteiger partial charge in [0.2, 0.25) is 3.79 Å². The summed E-state index contributed by atoms with van der Waals surface area (Å²) in [6.45, 7) is 0. The van der Waals surface area contributed by atoms with E-state index in [0.717, 1.165) is 6.07 Å². The SMILES string of the molecule is FC(F)(F)c1cc(C(Cl)(Cl)Cl)ccc1Br. The normalized spacial score (nSPS) is 13.0. The summed E-state index contributed by atoms with van der Waals surface area (Å²) in [6.07, 6.45) is -4.48. The van der Waals surface area contributed by atoms with Crippen LogP contribution in [0.2, 0.25) is 0 Å². The van der Waals surface area contributed by atoms with Gasteiger partial charge in [0, 0.05) is 10.0 Å². The molecule has 0 radical (unpaired) electrons. The molecule has 1 rings (SSSR count). The first kappa shape index (κ1) is 13.4. The summed E-state index contributed by atoms with van der Waals surface area (Å²) in [7, 11) is 0. The lowest BCUT2D eigenvalue weighted by Crippen LogP contribution is -2.09. The molecular formula is C8H3BrCl3F3. The molecule has 0 saturated carbocycles. The summed E-state index contributed by atoms with van der Waals surface area (Å²) in [5.41, 5.74) is -0.894. The van der Waals surface area contributed by atoms with Crippen LogP contribution in [0, 0.1) is 0 Å². The molecule has 0 fully saturated rings. The Balaban J connectivity index is 3.30. The van der Waals surface area contributed by atoms with Crippen molar-refractivity contribution in [1.82, 2.24) is 0 Å². The molecule has 1 aromatic rings. The van der Waals surface area contributed by atoms with Gasteiger partial charge in [-0.1, -0.05) is 56.8 Å². The largest absolute Gasteiger partial charge is 0.417 e. The first-order valence-electron chi connectivity index (χ1n) is 3.56. The number of rotatable bonds is 0. The van der Waals surface area contributed by atoms with Crippen molar-refractivity contribution >= 4 is 50.7 Å². The van der Waals surface area contributed by atoms with Crippen LogP contribution in [0.15, 0.2) is 22.7 Å². The standard InChI is InChI=1S/C8H3BrCl3F3/c9-6-2-1-4(7(10,11)12)3-5(6)8(13,14)15/h1-3H. The molecule has 0 aliphatic carbocycles. The molecule has 84 valence electrons. The van der Waals surface area contributed by atoms with Crippen molar-refractivity contribution < 1.29 is 13.2 Å². The van der Waals surface area contributed by atoms with E-state index in [1.165, 1.54) is 12.1 Å². The first-order chi connectivity index (χ1) is 6.62. The molecule has 0 amide bonds. The highest BCUT2D eigenvalue weighted by molar-refractivity contribution is 9.10. The van der Waals surface area contributed by atoms with Crippen molar-refractivity contribution in [3.8, 4) is 0 Å². The van der Waals surface area contributed by atoms with Crippen molar-refractivity contribution in [2.75, 3.05) is 0 Å². The Morgan fingerprint density at radius 3 is 2.00 bits per heavy atom. The quantitative estimate of drug-likeness (QED) is 0.562. The van der Waals surface area contributed by atoms with Crippen molar-refractivity contribution in [2.45, 2.75) is 9.97 Å². The zero-order chi connectivity index (χ0) is 11.9. The van der Waals surface area contributed by atoms with Gasteiger partial charge in [0.05, 0.1) is 5.56 Å². The second kappa shape index (κ2) is 4.32. The van der Waals surface area contributed by atoms with Crippen molar-refractivity contribution in [2.24, 2.45) is 0 Å². The molecule has 0 spiro atoms. The van der Waals surface area contributed by atoms with Crippen molar-refractivity contribution in [3.63, 3.8) is 0 Å². The second-order valence-electron chi connectivity index (χ2n) is 2.69. The molecule has 0 atom stereocenters. The van der Waals surface area contributed by atoms with Gasteiger partial charge < -0.3 is 0 Å². The second-order valence-corrected chi connectivity index (χ2v) is 5.83. The summed E-state index contributed by atoms with van der Waals surface area (Å²) in [5, 5.41) is 0. The van der Waals surface area contributed by atoms with Crippen LogP contribution in [0.4, 0.5) is 13.2 Å². The number of halogens is 7. The van der Waals surface area contributed by atoms with E-state index in [4.69, 9.17) is 34.8 Å². The number of hydrogen-bond acceptors (Lipinski definition) is 0. The van der Waals surface area contributed by atoms with Gasteiger partial charge in [-0.25, -0.2) is 0 Å². The van der Waals surface area contributed by atoms with E-state index in [2.05, 4.69) is 15.9 Å². The predicted octanol–water partition coefficient (Wildman–Crippen LogP) is 5.29. The monoisotopic (exact) mass is 340 g/mol. The lowest BCUT2D eigenvalue weighted by Gasteiger charge is -2.15. The summed E-state index contributed by atoms with van der Waals surface area (Å²) < 4.78 is 35.4. The van der Waals surface area contributed by atoms with E-state index in [-0.39, 0.29) is 10.0 Å². The van der Waals surface area contributed by atoms with Gasteiger partial charge >= 0.3 is 6.18 Å². The first-order valence-corrected chi connectivity index (χ1v) is 5.49. The molecule has 0 aromatic heterocycles. The highest BCUT2D eigenvalue weighted by Crippen LogP contribution is 2.42. The molecule has 7 heteroatoms. The van der Waals surface area contributed by atoms with Crippen LogP contribution in [0.1, 0.15) is 11.1 Å². The Labute approximate surface area is 107 Å². The maximum absolute atomic E-state index is 12.5. The van der Waals surface area contributed by atoms with E-state index in [0.29, 0.717) is 0 Å². The molecular weight excluding hydrogens is 339 g/mol. The van der Waals surface area contributed by atoms with Crippen LogP contribution in [0.3, 0.4) is 0 Å². The van der Waals surface area contributed by atoms with Gasteiger partial charge in [-0.3, -0.25) is 0 Å². The van der Waals surface area contributed by atoms with Crippen LogP contribution < -0.4 is 0 Å². The van der Waals surface area contributed by atoms with Gasteiger partial charge in [0.15, 0.2) is 0 Å². The molecule has 0 nitrogen and oxygen atoms in total. The predicted molar refractivity (Wildman–Crippen MR) is 58.4 cm³/mol. The summed E-state index contributed by atoms with van der Waals surface area (Å²) in [6, 6.07) is 3.31. The molecule has 0 saturated heterocycles. The Hall–Kier alpha value is 0.360. The Kier molecular flexibility index (Phi) is 3.87. The summed E-state index contributed by atoms with van der Waals surface area (Å²) in [4.78, 5) is 0. The van der Waals surface area contributed by atoms with E-state index in [1.54, 1.807) is 0 Å². The third-order valence-electron chi connectivity index (χ3n) is 1.60. The van der Waals surface area contributed by atoms with Crippen LogP contribution in [-0.2, 0) is 9.97 Å². The minimum Gasteiger partial charge on any atom is -0.166 e. The maximum atomic E-state index is 12.5. The van der Waals surface area contributed by atoms with Gasteiger partial charge in [-0.05, 0) is 12.1 Å². The van der Waals surface area contributed by atoms with E-state index >= 15 is 0 Å². The molecule has 1 aromatic carbocycles. The van der Waals surface area contributed by atoms with Gasteiger partial charge in [0.25, 0.3) is 0 Å². The van der Waals surface area contributed by atoms with E-state index < -0.39 is 15.5 Å². The minimum absolute atomic E-state index is 0.0250. The molecule has 0 aliphatic rings. The Morgan fingerprint density at radius 2 is 1.60 bits per heavy atom. The van der Waals surface area contributed by atoms with Crippen molar-refractivity contribution in [1.29, 1.82) is 0 Å². The van der Waals surface area contributed by atoms with Crippen LogP contribution in [-0.4, -0.2) is 0 Å². The smallest absolute Gasteiger partial charge is 0.166 e. The highest BCUT2D eigenvalue weighted by atomic mass is 79.9. The fourth-order valence-corrected chi connectivity index (χ4v) is 1.74. The molecule has 0 N–H and O–H groups in total. The third kappa shape index (κ3) is 3.41. The highest BCUT2D eigenvalue weighted by Gasteiger charge is 2.35. The van der Waals surface area contributed by atoms with Gasteiger partial charge in [-0.2, -0.15) is 13.2 Å². The zero-order valence-electron chi connectivity index (χ0n) is 6.88. The number of hydrogen-bond donors (Lipinski definition) is 0. The number of benzene rings is 1. The van der Waals surface area contributed by atoms with Crippen LogP contribution >= 0.6 is 50.7 Å².